The van der Waals surface area contributed by atoms with Crippen molar-refractivity contribution in [1.82, 2.24) is 10.2 Å². The van der Waals surface area contributed by atoms with Crippen LogP contribution in [0.25, 0.3) is 0 Å². The van der Waals surface area contributed by atoms with E-state index in [2.05, 4.69) is 55.0 Å². The topological polar surface area (TPSA) is 58.6 Å². The molecule has 5 heteroatoms. The summed E-state index contributed by atoms with van der Waals surface area (Å²) < 4.78 is 4.96. The number of carbonyl (C=O) groups excluding carboxylic acids is 2. The highest BCUT2D eigenvalue weighted by Gasteiger charge is 2.45. The van der Waals surface area contributed by atoms with Gasteiger partial charge in [-0.3, -0.25) is 9.59 Å². The van der Waals surface area contributed by atoms with Crippen LogP contribution in [-0.4, -0.2) is 50.6 Å². The molecule has 0 radical (unpaired) electrons. The van der Waals surface area contributed by atoms with Crippen LogP contribution in [0.1, 0.15) is 75.8 Å². The number of hydrogen-bond acceptors (Lipinski definition) is 4. The summed E-state index contributed by atoms with van der Waals surface area (Å²) in [6.45, 7) is 11.1. The Morgan fingerprint density at radius 2 is 2.00 bits per heavy atom. The van der Waals surface area contributed by atoms with Crippen molar-refractivity contribution in [1.29, 1.82) is 0 Å². The summed E-state index contributed by atoms with van der Waals surface area (Å²) in [5, 5.41) is 2.77. The molecule has 0 bridgehead atoms. The van der Waals surface area contributed by atoms with E-state index in [1.54, 1.807) is 7.05 Å². The number of likely N-dealkylation sites (tertiary alicyclic amines) is 1. The minimum atomic E-state index is 0.0389. The summed E-state index contributed by atoms with van der Waals surface area (Å²) in [5.74, 6) is 1.72. The Kier molecular flexibility index (Phi) is 8.75. The first kappa shape index (κ1) is 25.5. The number of fused-ring (bicyclic) bond motifs is 2. The van der Waals surface area contributed by atoms with Crippen molar-refractivity contribution in [3.63, 3.8) is 0 Å². The van der Waals surface area contributed by atoms with Gasteiger partial charge in [-0.15, -0.1) is 0 Å². The second-order valence-corrected chi connectivity index (χ2v) is 10.6. The van der Waals surface area contributed by atoms with Crippen LogP contribution < -0.4 is 5.32 Å². The van der Waals surface area contributed by atoms with E-state index in [0.29, 0.717) is 36.1 Å². The fourth-order valence-corrected chi connectivity index (χ4v) is 6.24. The van der Waals surface area contributed by atoms with Crippen LogP contribution in [0.2, 0.25) is 0 Å². The molecule has 1 aromatic rings. The Bertz CT molecular complexity index is 828. The van der Waals surface area contributed by atoms with Crippen LogP contribution in [0.5, 0.6) is 0 Å². The molecule has 33 heavy (non-hydrogen) atoms. The van der Waals surface area contributed by atoms with Crippen LogP contribution in [0.3, 0.4) is 0 Å². The van der Waals surface area contributed by atoms with E-state index in [1.807, 2.05) is 6.92 Å². The molecule has 1 N–H and O–H groups in total. The second-order valence-electron chi connectivity index (χ2n) is 10.6. The highest BCUT2D eigenvalue weighted by molar-refractivity contribution is 5.77. The van der Waals surface area contributed by atoms with E-state index in [0.717, 1.165) is 25.7 Å². The zero-order chi connectivity index (χ0) is 24.0. The van der Waals surface area contributed by atoms with E-state index in [4.69, 9.17) is 4.74 Å². The Morgan fingerprint density at radius 3 is 2.64 bits per heavy atom. The molecular weight excluding hydrogens is 412 g/mol. The molecule has 5 nitrogen and oxygen atoms in total. The third-order valence-electron chi connectivity index (χ3n) is 8.09. The third-order valence-corrected chi connectivity index (χ3v) is 8.09. The van der Waals surface area contributed by atoms with Gasteiger partial charge in [-0.1, -0.05) is 43.3 Å². The number of nitrogens with zero attached hydrogens (tertiary/aromatic N) is 1. The molecular formula is C28H42N2O3. The molecule has 1 amide bonds. The van der Waals surface area contributed by atoms with Crippen molar-refractivity contribution in [3.8, 4) is 0 Å². The van der Waals surface area contributed by atoms with Crippen LogP contribution >= 0.6 is 0 Å². The second kappa shape index (κ2) is 11.3. The van der Waals surface area contributed by atoms with Crippen molar-refractivity contribution >= 4 is 12.4 Å². The van der Waals surface area contributed by atoms with Gasteiger partial charge in [0.2, 0.25) is 5.91 Å². The fourth-order valence-electron chi connectivity index (χ4n) is 6.24. The smallest absolute Gasteiger partial charge is 0.293 e. The monoisotopic (exact) mass is 454 g/mol. The first-order chi connectivity index (χ1) is 15.8. The quantitative estimate of drug-likeness (QED) is 0.512. The largest absolute Gasteiger partial charge is 0.465 e. The summed E-state index contributed by atoms with van der Waals surface area (Å²) in [7, 11) is 3.93. The molecule has 1 saturated heterocycles. The average molecular weight is 455 g/mol. The standard InChI is InChI=1S/C17H24N2O.C11H18O2/c1-18-16(20)11-13-12-17(7-9-19(2)10-8-17)15-6-4-3-5-14(13)15;1-8-4-9(2)6-11(5-8)10(3)13-7-12/h3-6,13H,7-12H2,1-2H3,(H,18,20);7,9-11H,1,4-6H2,2-3H3. The Hall–Kier alpha value is -2.14. The van der Waals surface area contributed by atoms with Gasteiger partial charge in [0, 0.05) is 13.5 Å². The molecule has 1 aliphatic heterocycles. The van der Waals surface area contributed by atoms with Crippen molar-refractivity contribution in [3.05, 3.63) is 47.5 Å². The Balaban J connectivity index is 0.000000205. The number of ether oxygens (including phenoxy) is 1. The molecule has 182 valence electrons. The van der Waals surface area contributed by atoms with Crippen LogP contribution in [0.4, 0.5) is 0 Å². The number of carbonyl (C=O) groups is 2. The van der Waals surface area contributed by atoms with E-state index in [9.17, 15) is 9.59 Å². The Morgan fingerprint density at radius 1 is 1.30 bits per heavy atom. The van der Waals surface area contributed by atoms with E-state index < -0.39 is 0 Å². The number of allylic oxidation sites excluding steroid dienone is 1. The summed E-state index contributed by atoms with van der Waals surface area (Å²) in [6.07, 6.45) is 7.56. The number of hydrogen-bond donors (Lipinski definition) is 1. The van der Waals surface area contributed by atoms with Crippen LogP contribution in [-0.2, 0) is 19.7 Å². The van der Waals surface area contributed by atoms with Crippen molar-refractivity contribution in [2.45, 2.75) is 76.2 Å². The molecule has 1 saturated carbocycles. The lowest BCUT2D eigenvalue weighted by atomic mass is 9.73. The Labute approximate surface area is 200 Å². The van der Waals surface area contributed by atoms with Gasteiger partial charge in [0.1, 0.15) is 6.10 Å². The van der Waals surface area contributed by atoms with Crippen molar-refractivity contribution in [2.24, 2.45) is 11.8 Å². The normalized spacial score (nSPS) is 27.2. The molecule has 2 aliphatic carbocycles. The predicted molar refractivity (Wildman–Crippen MR) is 133 cm³/mol. The molecule has 0 aromatic heterocycles. The SMILES string of the molecule is C=C1CC(C)CC(C(C)OC=O)C1.CNC(=O)CC1CC2(CCN(C)CC2)c2ccccc21. The maximum atomic E-state index is 11.8. The van der Waals surface area contributed by atoms with Gasteiger partial charge >= 0.3 is 0 Å². The fraction of sp³-hybridized carbons (Fsp3) is 0.643. The molecule has 3 aliphatic rings. The predicted octanol–water partition coefficient (Wildman–Crippen LogP) is 4.81. The molecule has 1 heterocycles. The molecule has 2 fully saturated rings. The van der Waals surface area contributed by atoms with Crippen LogP contribution in [0.15, 0.2) is 36.4 Å². The summed E-state index contributed by atoms with van der Waals surface area (Å²) in [5.41, 5.74) is 4.55. The van der Waals surface area contributed by atoms with Crippen molar-refractivity contribution in [2.75, 3.05) is 27.2 Å². The van der Waals surface area contributed by atoms with Gasteiger partial charge in [-0.05, 0) is 99.9 Å². The van der Waals surface area contributed by atoms with Gasteiger partial charge in [0.15, 0.2) is 0 Å². The van der Waals surface area contributed by atoms with E-state index in [1.165, 1.54) is 42.6 Å². The minimum absolute atomic E-state index is 0.0389. The number of nitrogens with one attached hydrogen (secondary N) is 1. The molecule has 4 rings (SSSR count). The van der Waals surface area contributed by atoms with Crippen molar-refractivity contribution < 1.29 is 14.3 Å². The summed E-state index contributed by atoms with van der Waals surface area (Å²) in [4.78, 5) is 24.4. The average Bonchev–Trinajstić information content (AvgIpc) is 3.09. The molecule has 1 spiro atoms. The summed E-state index contributed by atoms with van der Waals surface area (Å²) in [6, 6.07) is 8.80. The first-order valence-electron chi connectivity index (χ1n) is 12.5. The zero-order valence-corrected chi connectivity index (χ0v) is 20.9. The highest BCUT2D eigenvalue weighted by atomic mass is 16.5. The number of benzene rings is 1. The minimum Gasteiger partial charge on any atom is -0.465 e. The van der Waals surface area contributed by atoms with Gasteiger partial charge in [0.05, 0.1) is 0 Å². The number of piperidine rings is 1. The lowest BCUT2D eigenvalue weighted by Gasteiger charge is -2.39. The van der Waals surface area contributed by atoms with Gasteiger partial charge < -0.3 is 15.0 Å². The van der Waals surface area contributed by atoms with E-state index in [-0.39, 0.29) is 12.0 Å². The van der Waals surface area contributed by atoms with E-state index >= 15 is 0 Å². The first-order valence-corrected chi connectivity index (χ1v) is 12.5. The van der Waals surface area contributed by atoms with Gasteiger partial charge in [-0.2, -0.15) is 0 Å². The molecule has 1 aromatic carbocycles. The molecule has 4 unspecified atom stereocenters. The maximum absolute atomic E-state index is 11.8. The molecule has 4 atom stereocenters. The lowest BCUT2D eigenvalue weighted by molar-refractivity contribution is -0.135. The van der Waals surface area contributed by atoms with Gasteiger partial charge in [-0.25, -0.2) is 0 Å². The van der Waals surface area contributed by atoms with Gasteiger partial charge in [0.25, 0.3) is 6.47 Å². The lowest BCUT2D eigenvalue weighted by Crippen LogP contribution is -2.39. The highest BCUT2D eigenvalue weighted by Crippen LogP contribution is 2.52. The third kappa shape index (κ3) is 6.26. The number of amides is 1. The van der Waals surface area contributed by atoms with Crippen LogP contribution in [0, 0.1) is 11.8 Å². The summed E-state index contributed by atoms with van der Waals surface area (Å²) >= 11 is 0. The maximum Gasteiger partial charge on any atom is 0.293 e. The number of rotatable bonds is 5. The zero-order valence-electron chi connectivity index (χ0n) is 20.9.